The van der Waals surface area contributed by atoms with Crippen LogP contribution in [0.15, 0.2) is 15.6 Å². The van der Waals surface area contributed by atoms with Gasteiger partial charge in [-0.05, 0) is 34.1 Å². The standard InChI is InChI=1S/C20H31N5O4/c1-9-14(18(27)28-20(6,7)8)25-11-15(19(3,4)5)22-16(17(25)26)21-10-13-12(2)23-29-24-13/h11,14H,9-10H2,1-8H3,(H,21,22). The number of anilines is 1. The number of aryl methyl sites for hydroxylation is 1. The highest BCUT2D eigenvalue weighted by molar-refractivity contribution is 5.74. The molecule has 0 spiro atoms. The number of nitrogens with one attached hydrogen (secondary N) is 1. The molecule has 0 aliphatic heterocycles. The van der Waals surface area contributed by atoms with Gasteiger partial charge in [0.25, 0.3) is 5.56 Å². The van der Waals surface area contributed by atoms with Crippen LogP contribution in [0.2, 0.25) is 0 Å². The van der Waals surface area contributed by atoms with E-state index in [0.717, 1.165) is 0 Å². The number of hydrogen-bond acceptors (Lipinski definition) is 8. The van der Waals surface area contributed by atoms with E-state index >= 15 is 0 Å². The molecule has 2 rings (SSSR count). The summed E-state index contributed by atoms with van der Waals surface area (Å²) in [6, 6.07) is -0.748. The molecule has 1 N–H and O–H groups in total. The van der Waals surface area contributed by atoms with Gasteiger partial charge < -0.3 is 10.1 Å². The second-order valence-electron chi connectivity index (χ2n) is 9.04. The van der Waals surface area contributed by atoms with Crippen LogP contribution >= 0.6 is 0 Å². The predicted molar refractivity (Wildman–Crippen MR) is 109 cm³/mol. The summed E-state index contributed by atoms with van der Waals surface area (Å²) in [5.74, 6) is -0.308. The fourth-order valence-corrected chi connectivity index (χ4v) is 2.64. The fraction of sp³-hybridized carbons (Fsp3) is 0.650. The van der Waals surface area contributed by atoms with Gasteiger partial charge in [-0.25, -0.2) is 14.4 Å². The average molecular weight is 405 g/mol. The molecule has 0 radical (unpaired) electrons. The average Bonchev–Trinajstić information content (AvgIpc) is 2.98. The highest BCUT2D eigenvalue weighted by Crippen LogP contribution is 2.23. The monoisotopic (exact) mass is 405 g/mol. The molecule has 160 valence electrons. The first-order valence-corrected chi connectivity index (χ1v) is 9.72. The Morgan fingerprint density at radius 2 is 1.90 bits per heavy atom. The van der Waals surface area contributed by atoms with E-state index in [1.165, 1.54) is 4.57 Å². The maximum atomic E-state index is 13.1. The summed E-state index contributed by atoms with van der Waals surface area (Å²) >= 11 is 0. The second kappa shape index (κ2) is 8.34. The van der Waals surface area contributed by atoms with Crippen LogP contribution in [0, 0.1) is 6.92 Å². The molecule has 0 aromatic carbocycles. The van der Waals surface area contributed by atoms with Gasteiger partial charge in [-0.3, -0.25) is 9.36 Å². The van der Waals surface area contributed by atoms with Gasteiger partial charge in [0, 0.05) is 11.6 Å². The minimum absolute atomic E-state index is 0.141. The van der Waals surface area contributed by atoms with Crippen molar-refractivity contribution in [2.24, 2.45) is 0 Å². The van der Waals surface area contributed by atoms with Gasteiger partial charge in [0.2, 0.25) is 0 Å². The summed E-state index contributed by atoms with van der Waals surface area (Å²) < 4.78 is 11.6. The van der Waals surface area contributed by atoms with Crippen molar-refractivity contribution in [1.82, 2.24) is 19.9 Å². The predicted octanol–water partition coefficient (Wildman–Crippen LogP) is 3.14. The van der Waals surface area contributed by atoms with E-state index < -0.39 is 23.2 Å². The SMILES string of the molecule is CCC(C(=O)OC(C)(C)C)n1cc(C(C)(C)C)nc(NCc2nonc2C)c1=O. The van der Waals surface area contributed by atoms with Crippen molar-refractivity contribution in [3.63, 3.8) is 0 Å². The Morgan fingerprint density at radius 3 is 2.38 bits per heavy atom. The van der Waals surface area contributed by atoms with Crippen molar-refractivity contribution in [3.8, 4) is 0 Å². The third-order valence-corrected chi connectivity index (χ3v) is 4.27. The van der Waals surface area contributed by atoms with Gasteiger partial charge in [-0.2, -0.15) is 0 Å². The third kappa shape index (κ3) is 5.65. The van der Waals surface area contributed by atoms with E-state index in [2.05, 4.69) is 20.6 Å². The molecular weight excluding hydrogens is 374 g/mol. The molecule has 0 bridgehead atoms. The molecule has 2 aromatic rings. The molecule has 2 heterocycles. The largest absolute Gasteiger partial charge is 0.458 e. The van der Waals surface area contributed by atoms with Crippen LogP contribution in [0.5, 0.6) is 0 Å². The summed E-state index contributed by atoms with van der Waals surface area (Å²) in [6.07, 6.45) is 2.06. The molecular formula is C20H31N5O4. The summed E-state index contributed by atoms with van der Waals surface area (Å²) in [7, 11) is 0. The van der Waals surface area contributed by atoms with Crippen LogP contribution in [0.25, 0.3) is 0 Å². The number of carbonyl (C=O) groups excluding carboxylic acids is 1. The van der Waals surface area contributed by atoms with Gasteiger partial charge in [0.15, 0.2) is 5.82 Å². The van der Waals surface area contributed by atoms with Crippen molar-refractivity contribution in [2.75, 3.05) is 5.32 Å². The zero-order valence-corrected chi connectivity index (χ0v) is 18.5. The zero-order chi connectivity index (χ0) is 22.0. The first-order valence-electron chi connectivity index (χ1n) is 9.72. The smallest absolute Gasteiger partial charge is 0.329 e. The van der Waals surface area contributed by atoms with E-state index in [-0.39, 0.29) is 17.8 Å². The van der Waals surface area contributed by atoms with Crippen molar-refractivity contribution in [3.05, 3.63) is 33.6 Å². The normalized spacial score (nSPS) is 13.2. The number of ether oxygens (including phenoxy) is 1. The Hall–Kier alpha value is -2.71. The Labute approximate surface area is 170 Å². The lowest BCUT2D eigenvalue weighted by Gasteiger charge is -2.26. The first kappa shape index (κ1) is 22.6. The number of rotatable bonds is 6. The van der Waals surface area contributed by atoms with Crippen LogP contribution in [0.3, 0.4) is 0 Å². The van der Waals surface area contributed by atoms with Crippen LogP contribution in [-0.2, 0) is 21.5 Å². The fourth-order valence-electron chi connectivity index (χ4n) is 2.64. The van der Waals surface area contributed by atoms with Crippen LogP contribution in [0.4, 0.5) is 5.82 Å². The Kier molecular flexibility index (Phi) is 6.50. The number of aromatic nitrogens is 4. The van der Waals surface area contributed by atoms with E-state index in [1.54, 1.807) is 33.9 Å². The summed E-state index contributed by atoms with van der Waals surface area (Å²) in [5.41, 5.74) is 0.514. The lowest BCUT2D eigenvalue weighted by molar-refractivity contribution is -0.159. The van der Waals surface area contributed by atoms with E-state index in [4.69, 9.17) is 9.37 Å². The molecule has 0 saturated heterocycles. The molecule has 1 unspecified atom stereocenters. The molecule has 29 heavy (non-hydrogen) atoms. The maximum absolute atomic E-state index is 13.1. The summed E-state index contributed by atoms with van der Waals surface area (Å²) in [5, 5.41) is 10.6. The van der Waals surface area contributed by atoms with Crippen LogP contribution < -0.4 is 10.9 Å². The molecule has 0 saturated carbocycles. The lowest BCUT2D eigenvalue weighted by atomic mass is 9.92. The van der Waals surface area contributed by atoms with E-state index in [9.17, 15) is 9.59 Å². The third-order valence-electron chi connectivity index (χ3n) is 4.27. The van der Waals surface area contributed by atoms with Crippen molar-refractivity contribution in [2.45, 2.75) is 85.4 Å². The highest BCUT2D eigenvalue weighted by atomic mass is 16.6. The van der Waals surface area contributed by atoms with Crippen molar-refractivity contribution in [1.29, 1.82) is 0 Å². The molecule has 1 atom stereocenters. The Morgan fingerprint density at radius 1 is 1.24 bits per heavy atom. The first-order chi connectivity index (χ1) is 13.3. The maximum Gasteiger partial charge on any atom is 0.329 e. The molecule has 9 heteroatoms. The number of carbonyl (C=O) groups is 1. The highest BCUT2D eigenvalue weighted by Gasteiger charge is 2.29. The van der Waals surface area contributed by atoms with Gasteiger partial charge in [0.05, 0.1) is 12.2 Å². The van der Waals surface area contributed by atoms with Crippen molar-refractivity contribution < 1.29 is 14.2 Å². The van der Waals surface area contributed by atoms with Gasteiger partial charge in [0.1, 0.15) is 23.0 Å². The molecule has 0 amide bonds. The number of nitrogens with zero attached hydrogens (tertiary/aromatic N) is 4. The Bertz CT molecular complexity index is 918. The summed E-state index contributed by atoms with van der Waals surface area (Å²) in [4.78, 5) is 30.4. The molecule has 2 aromatic heterocycles. The second-order valence-corrected chi connectivity index (χ2v) is 9.04. The topological polar surface area (TPSA) is 112 Å². The van der Waals surface area contributed by atoms with E-state index in [1.807, 2.05) is 27.7 Å². The molecule has 0 aliphatic carbocycles. The molecule has 0 aliphatic rings. The lowest BCUT2D eigenvalue weighted by Crippen LogP contribution is -2.37. The zero-order valence-electron chi connectivity index (χ0n) is 18.5. The molecule has 9 nitrogen and oxygen atoms in total. The van der Waals surface area contributed by atoms with Gasteiger partial charge >= 0.3 is 5.97 Å². The molecule has 0 fully saturated rings. The van der Waals surface area contributed by atoms with Crippen LogP contribution in [0.1, 0.15) is 78.0 Å². The minimum atomic E-state index is -0.748. The van der Waals surface area contributed by atoms with Crippen molar-refractivity contribution >= 4 is 11.8 Å². The van der Waals surface area contributed by atoms with Gasteiger partial charge in [-0.1, -0.05) is 38.0 Å². The van der Waals surface area contributed by atoms with E-state index in [0.29, 0.717) is 23.5 Å². The van der Waals surface area contributed by atoms with Crippen LogP contribution in [-0.4, -0.2) is 31.4 Å². The van der Waals surface area contributed by atoms with Gasteiger partial charge in [-0.15, -0.1) is 0 Å². The number of esters is 1. The Balaban J connectivity index is 2.48. The summed E-state index contributed by atoms with van der Waals surface area (Å²) in [6.45, 7) is 15.2. The quantitative estimate of drug-likeness (QED) is 0.730. The minimum Gasteiger partial charge on any atom is -0.458 e. The number of hydrogen-bond donors (Lipinski definition) is 1.